The van der Waals surface area contributed by atoms with E-state index in [1.54, 1.807) is 6.20 Å². The molecule has 0 saturated heterocycles. The van der Waals surface area contributed by atoms with Crippen molar-refractivity contribution in [2.45, 2.75) is 32.1 Å². The predicted octanol–water partition coefficient (Wildman–Crippen LogP) is 5.98. The van der Waals surface area contributed by atoms with E-state index in [0.717, 1.165) is 49.1 Å². The monoisotopic (exact) mass is 452 g/mol. The summed E-state index contributed by atoms with van der Waals surface area (Å²) >= 11 is 0. The largest absolute Gasteiger partial charge is 0.319 e. The third-order valence-electron chi connectivity index (χ3n) is 6.04. The molecule has 0 spiro atoms. The fraction of sp³-hybridized carbons (Fsp3) is 0.280. The van der Waals surface area contributed by atoms with E-state index >= 15 is 0 Å². The number of nitrogens with one attached hydrogen (secondary N) is 2. The van der Waals surface area contributed by atoms with E-state index in [-0.39, 0.29) is 17.5 Å². The van der Waals surface area contributed by atoms with Crippen LogP contribution in [0.2, 0.25) is 0 Å². The molecule has 1 unspecified atom stereocenters. The van der Waals surface area contributed by atoms with Gasteiger partial charge in [-0.3, -0.25) is 9.78 Å². The molecule has 5 nitrogen and oxygen atoms in total. The van der Waals surface area contributed by atoms with Crippen molar-refractivity contribution < 1.29 is 18.0 Å². The fourth-order valence-electron chi connectivity index (χ4n) is 4.57. The fourth-order valence-corrected chi connectivity index (χ4v) is 4.57. The van der Waals surface area contributed by atoms with Crippen LogP contribution in [-0.2, 0) is 0 Å². The van der Waals surface area contributed by atoms with E-state index in [1.807, 2.05) is 6.07 Å². The van der Waals surface area contributed by atoms with Gasteiger partial charge in [0.2, 0.25) is 0 Å². The van der Waals surface area contributed by atoms with Crippen molar-refractivity contribution in [3.05, 3.63) is 77.5 Å². The lowest BCUT2D eigenvalue weighted by molar-refractivity contribution is 0.102. The average Bonchev–Trinajstić information content (AvgIpc) is 2.80. The van der Waals surface area contributed by atoms with Gasteiger partial charge in [0, 0.05) is 6.20 Å². The van der Waals surface area contributed by atoms with Crippen LogP contribution in [0.1, 0.15) is 48.2 Å². The molecule has 0 radical (unpaired) electrons. The quantitative estimate of drug-likeness (QED) is 0.467. The maximum atomic E-state index is 14.4. The minimum atomic E-state index is -0.972. The standard InChI is InChI=1S/C25H23F3N4O/c1-14-9-15(12-29)11-16(10-14)17-7-8-30-13-22(17)32-25(33)21-6-5-20(28)24(31-21)23-18(26)3-2-4-19(23)27/h2-8,12-16,29H,9-11H2,1H3,(H,32,33)/t14-,15?,16+/m0/s1. The summed E-state index contributed by atoms with van der Waals surface area (Å²) in [6.45, 7) is 2.15. The zero-order valence-corrected chi connectivity index (χ0v) is 18.0. The summed E-state index contributed by atoms with van der Waals surface area (Å²) in [6, 6.07) is 7.14. The van der Waals surface area contributed by atoms with Crippen LogP contribution in [0.15, 0.2) is 48.8 Å². The lowest BCUT2D eigenvalue weighted by Crippen LogP contribution is -2.23. The number of pyridine rings is 2. The van der Waals surface area contributed by atoms with Gasteiger partial charge < -0.3 is 10.7 Å². The highest BCUT2D eigenvalue weighted by atomic mass is 19.1. The van der Waals surface area contributed by atoms with E-state index in [0.29, 0.717) is 11.6 Å². The van der Waals surface area contributed by atoms with Gasteiger partial charge in [-0.15, -0.1) is 0 Å². The van der Waals surface area contributed by atoms with Crippen LogP contribution in [0.5, 0.6) is 0 Å². The van der Waals surface area contributed by atoms with Gasteiger partial charge in [-0.05, 0) is 79.1 Å². The Balaban J connectivity index is 1.63. The Bertz CT molecular complexity index is 1180. The molecule has 1 fully saturated rings. The number of hydrogen-bond acceptors (Lipinski definition) is 4. The predicted molar refractivity (Wildman–Crippen MR) is 120 cm³/mol. The number of carbonyl (C=O) groups excluding carboxylic acids is 1. The first-order valence-corrected chi connectivity index (χ1v) is 10.7. The summed E-state index contributed by atoms with van der Waals surface area (Å²) in [5, 5.41) is 10.4. The minimum absolute atomic E-state index is 0.142. The van der Waals surface area contributed by atoms with Crippen molar-refractivity contribution >= 4 is 17.8 Å². The summed E-state index contributed by atoms with van der Waals surface area (Å²) < 4.78 is 42.7. The maximum absolute atomic E-state index is 14.4. The van der Waals surface area contributed by atoms with Crippen molar-refractivity contribution in [3.8, 4) is 11.3 Å². The van der Waals surface area contributed by atoms with Crippen LogP contribution in [0.25, 0.3) is 11.3 Å². The molecule has 0 aliphatic heterocycles. The van der Waals surface area contributed by atoms with Crippen LogP contribution < -0.4 is 5.32 Å². The van der Waals surface area contributed by atoms with E-state index < -0.39 is 34.6 Å². The first-order valence-electron chi connectivity index (χ1n) is 10.7. The van der Waals surface area contributed by atoms with Gasteiger partial charge in [0.15, 0.2) is 0 Å². The molecule has 33 heavy (non-hydrogen) atoms. The van der Waals surface area contributed by atoms with Gasteiger partial charge >= 0.3 is 0 Å². The van der Waals surface area contributed by atoms with Crippen molar-refractivity contribution in [1.29, 1.82) is 5.41 Å². The Labute approximate surface area is 189 Å². The molecule has 2 heterocycles. The number of rotatable bonds is 5. The SMILES string of the molecule is C[C@H]1CC(C=N)C[C@H](c2ccncc2NC(=O)c2ccc(F)c(-c3c(F)cccc3F)n2)C1. The molecule has 1 aromatic carbocycles. The van der Waals surface area contributed by atoms with Gasteiger partial charge in [0.25, 0.3) is 5.91 Å². The summed E-state index contributed by atoms with van der Waals surface area (Å²) in [7, 11) is 0. The van der Waals surface area contributed by atoms with Gasteiger partial charge in [0.1, 0.15) is 28.8 Å². The summed E-state index contributed by atoms with van der Waals surface area (Å²) in [4.78, 5) is 21.0. The molecule has 2 aromatic heterocycles. The van der Waals surface area contributed by atoms with Crippen LogP contribution in [-0.4, -0.2) is 22.1 Å². The molecule has 4 rings (SSSR count). The molecule has 0 bridgehead atoms. The minimum Gasteiger partial charge on any atom is -0.319 e. The van der Waals surface area contributed by atoms with Crippen molar-refractivity contribution in [2.24, 2.45) is 11.8 Å². The van der Waals surface area contributed by atoms with E-state index in [9.17, 15) is 18.0 Å². The zero-order chi connectivity index (χ0) is 23.5. The third-order valence-corrected chi connectivity index (χ3v) is 6.04. The van der Waals surface area contributed by atoms with Crippen LogP contribution >= 0.6 is 0 Å². The van der Waals surface area contributed by atoms with Gasteiger partial charge in [0.05, 0.1) is 17.4 Å². The molecule has 1 aliphatic rings. The first kappa shape index (κ1) is 22.6. The van der Waals surface area contributed by atoms with Gasteiger partial charge in [-0.2, -0.15) is 0 Å². The first-order chi connectivity index (χ1) is 15.9. The molecule has 1 aliphatic carbocycles. The third kappa shape index (κ3) is 4.79. The Morgan fingerprint density at radius 3 is 2.55 bits per heavy atom. The number of hydrogen-bond donors (Lipinski definition) is 2. The average molecular weight is 452 g/mol. The van der Waals surface area contributed by atoms with E-state index in [2.05, 4.69) is 22.2 Å². The molecular formula is C25H23F3N4O. The summed E-state index contributed by atoms with van der Waals surface area (Å²) in [6.07, 6.45) is 7.34. The van der Waals surface area contributed by atoms with E-state index in [4.69, 9.17) is 5.41 Å². The topological polar surface area (TPSA) is 78.7 Å². The molecular weight excluding hydrogens is 429 g/mol. The number of aromatic nitrogens is 2. The highest BCUT2D eigenvalue weighted by Crippen LogP contribution is 2.41. The Kier molecular flexibility index (Phi) is 6.53. The van der Waals surface area contributed by atoms with Crippen molar-refractivity contribution in [3.63, 3.8) is 0 Å². The Hall–Kier alpha value is -3.55. The molecule has 3 atom stereocenters. The second-order valence-corrected chi connectivity index (χ2v) is 8.48. The van der Waals surface area contributed by atoms with Crippen molar-refractivity contribution in [1.82, 2.24) is 9.97 Å². The second-order valence-electron chi connectivity index (χ2n) is 8.48. The second kappa shape index (κ2) is 9.52. The lowest BCUT2D eigenvalue weighted by atomic mass is 9.73. The molecule has 1 amide bonds. The lowest BCUT2D eigenvalue weighted by Gasteiger charge is -2.32. The molecule has 2 N–H and O–H groups in total. The molecule has 3 aromatic rings. The van der Waals surface area contributed by atoms with Crippen LogP contribution in [0.4, 0.5) is 18.9 Å². The van der Waals surface area contributed by atoms with Crippen LogP contribution in [0.3, 0.4) is 0 Å². The smallest absolute Gasteiger partial charge is 0.274 e. The summed E-state index contributed by atoms with van der Waals surface area (Å²) in [5.41, 5.74) is 0.0210. The number of anilines is 1. The normalized spacial score (nSPS) is 20.3. The van der Waals surface area contributed by atoms with Crippen molar-refractivity contribution in [2.75, 3.05) is 5.32 Å². The van der Waals surface area contributed by atoms with Crippen LogP contribution in [0, 0.1) is 34.7 Å². The number of halogens is 3. The highest BCUT2D eigenvalue weighted by molar-refractivity contribution is 6.03. The zero-order valence-electron chi connectivity index (χ0n) is 18.0. The van der Waals surface area contributed by atoms with E-state index in [1.165, 1.54) is 18.5 Å². The molecule has 1 saturated carbocycles. The molecule has 170 valence electrons. The maximum Gasteiger partial charge on any atom is 0.274 e. The Morgan fingerprint density at radius 1 is 1.06 bits per heavy atom. The van der Waals surface area contributed by atoms with Gasteiger partial charge in [-0.25, -0.2) is 18.2 Å². The number of nitrogens with zero attached hydrogens (tertiary/aromatic N) is 2. The van der Waals surface area contributed by atoms with Gasteiger partial charge in [-0.1, -0.05) is 13.0 Å². The number of amides is 1. The number of benzene rings is 1. The Morgan fingerprint density at radius 2 is 1.82 bits per heavy atom. The summed E-state index contributed by atoms with van der Waals surface area (Å²) in [5.74, 6) is -2.78. The molecule has 8 heteroatoms. The number of carbonyl (C=O) groups is 1. The highest BCUT2D eigenvalue weighted by Gasteiger charge is 2.28.